The first kappa shape index (κ1) is 18.8. The van der Waals surface area contributed by atoms with Crippen molar-refractivity contribution in [3.05, 3.63) is 52.0 Å². The fraction of sp³-hybridized carbons (Fsp3) is 0.235. The van der Waals surface area contributed by atoms with Gasteiger partial charge < -0.3 is 4.90 Å². The second-order valence-electron chi connectivity index (χ2n) is 6.08. The van der Waals surface area contributed by atoms with Gasteiger partial charge in [-0.25, -0.2) is 17.2 Å². The summed E-state index contributed by atoms with van der Waals surface area (Å²) in [6, 6.07) is 5.39. The molecule has 26 heavy (non-hydrogen) atoms. The van der Waals surface area contributed by atoms with E-state index in [1.807, 2.05) is 6.92 Å². The number of nitrogens with one attached hydrogen (secondary N) is 1. The molecule has 1 amide bonds. The van der Waals surface area contributed by atoms with E-state index in [0.29, 0.717) is 12.1 Å². The second kappa shape index (κ2) is 6.62. The molecule has 0 aromatic heterocycles. The number of benzene rings is 2. The number of carbonyl (C=O) groups excluding carboxylic acids is 1. The maximum absolute atomic E-state index is 13.8. The van der Waals surface area contributed by atoms with Crippen LogP contribution in [0.5, 0.6) is 0 Å². The molecule has 1 aliphatic heterocycles. The molecule has 0 saturated heterocycles. The number of hydrogen-bond donors (Lipinski definition) is 1. The van der Waals surface area contributed by atoms with Crippen LogP contribution in [0.3, 0.4) is 0 Å². The van der Waals surface area contributed by atoms with Gasteiger partial charge in [0.05, 0.1) is 5.69 Å². The number of nitrogens with zero attached hydrogens (tertiary/aromatic N) is 1. The lowest BCUT2D eigenvalue weighted by Gasteiger charge is -2.21. The van der Waals surface area contributed by atoms with Crippen molar-refractivity contribution in [3.8, 4) is 0 Å². The molecular formula is C17H15BrF2N2O3S. The Kier molecular flexibility index (Phi) is 4.78. The summed E-state index contributed by atoms with van der Waals surface area (Å²) in [5.74, 6) is -1.87. The molecule has 5 nitrogen and oxygen atoms in total. The number of sulfonamides is 1. The molecule has 0 spiro atoms. The van der Waals surface area contributed by atoms with Crippen molar-refractivity contribution < 1.29 is 22.0 Å². The van der Waals surface area contributed by atoms with E-state index in [0.717, 1.165) is 23.8 Å². The Morgan fingerprint density at radius 3 is 2.62 bits per heavy atom. The van der Waals surface area contributed by atoms with E-state index in [4.69, 9.17) is 0 Å². The Labute approximate surface area is 158 Å². The zero-order chi connectivity index (χ0) is 19.2. The first-order valence-corrected chi connectivity index (χ1v) is 9.98. The molecule has 3 rings (SSSR count). The van der Waals surface area contributed by atoms with Crippen LogP contribution in [-0.2, 0) is 21.2 Å². The number of anilines is 2. The summed E-state index contributed by atoms with van der Waals surface area (Å²) >= 11 is 3.22. The van der Waals surface area contributed by atoms with E-state index in [1.54, 1.807) is 6.07 Å². The molecule has 0 unspecified atom stereocenters. The van der Waals surface area contributed by atoms with Gasteiger partial charge >= 0.3 is 0 Å². The van der Waals surface area contributed by atoms with Gasteiger partial charge in [-0.3, -0.25) is 9.52 Å². The lowest BCUT2D eigenvalue weighted by molar-refractivity contribution is -0.116. The van der Waals surface area contributed by atoms with Crippen LogP contribution in [0.25, 0.3) is 0 Å². The SMILES string of the molecule is CC(=O)N1c2cc(S(=O)(=O)Nc3cc(F)ccc3F)c(Br)cc2C[C@H]1C. The van der Waals surface area contributed by atoms with E-state index in [1.165, 1.54) is 17.9 Å². The minimum absolute atomic E-state index is 0.0963. The molecule has 1 heterocycles. The second-order valence-corrected chi connectivity index (χ2v) is 8.59. The van der Waals surface area contributed by atoms with Crippen LogP contribution in [-0.4, -0.2) is 20.4 Å². The Morgan fingerprint density at radius 2 is 1.96 bits per heavy atom. The van der Waals surface area contributed by atoms with Crippen molar-refractivity contribution in [1.29, 1.82) is 0 Å². The third-order valence-electron chi connectivity index (χ3n) is 4.15. The molecule has 0 radical (unpaired) electrons. The van der Waals surface area contributed by atoms with Crippen LogP contribution in [0.15, 0.2) is 39.7 Å². The zero-order valence-electron chi connectivity index (χ0n) is 13.9. The number of fused-ring (bicyclic) bond motifs is 1. The summed E-state index contributed by atoms with van der Waals surface area (Å²) in [6.07, 6.45) is 0.597. The van der Waals surface area contributed by atoms with Gasteiger partial charge in [0, 0.05) is 29.2 Å². The maximum atomic E-state index is 13.8. The quantitative estimate of drug-likeness (QED) is 0.781. The average Bonchev–Trinajstić information content (AvgIpc) is 2.84. The van der Waals surface area contributed by atoms with Gasteiger partial charge in [-0.15, -0.1) is 0 Å². The van der Waals surface area contributed by atoms with E-state index in [-0.39, 0.29) is 21.3 Å². The van der Waals surface area contributed by atoms with Crippen molar-refractivity contribution in [2.45, 2.75) is 31.2 Å². The van der Waals surface area contributed by atoms with E-state index in [2.05, 4.69) is 20.7 Å². The van der Waals surface area contributed by atoms with Crippen molar-refractivity contribution in [2.24, 2.45) is 0 Å². The highest BCUT2D eigenvalue weighted by Gasteiger charge is 2.32. The van der Waals surface area contributed by atoms with Gasteiger partial charge in [0.25, 0.3) is 10.0 Å². The molecule has 138 valence electrons. The average molecular weight is 445 g/mol. The summed E-state index contributed by atoms with van der Waals surface area (Å²) in [5, 5.41) is 0. The molecule has 2 aromatic carbocycles. The summed E-state index contributed by atoms with van der Waals surface area (Å²) in [7, 11) is -4.21. The summed E-state index contributed by atoms with van der Waals surface area (Å²) in [4.78, 5) is 13.2. The number of hydrogen-bond acceptors (Lipinski definition) is 3. The Bertz CT molecular complexity index is 1010. The largest absolute Gasteiger partial charge is 0.309 e. The standard InChI is InChI=1S/C17H15BrF2N2O3S/c1-9-5-11-6-13(18)17(8-16(11)22(9)10(2)23)26(24,25)21-15-7-12(19)3-4-14(15)20/h3-4,6-9,21H,5H2,1-2H3/t9-/m1/s1. The molecule has 0 bridgehead atoms. The van der Waals surface area contributed by atoms with Crippen LogP contribution in [0.4, 0.5) is 20.2 Å². The Balaban J connectivity index is 2.06. The molecule has 9 heteroatoms. The van der Waals surface area contributed by atoms with Crippen LogP contribution < -0.4 is 9.62 Å². The highest BCUT2D eigenvalue weighted by Crippen LogP contribution is 2.38. The van der Waals surface area contributed by atoms with Gasteiger partial charge in [-0.05, 0) is 59.1 Å². The normalized spacial score (nSPS) is 16.5. The minimum atomic E-state index is -4.21. The molecule has 1 aliphatic rings. The van der Waals surface area contributed by atoms with Gasteiger partial charge in [0.15, 0.2) is 0 Å². The van der Waals surface area contributed by atoms with Crippen molar-refractivity contribution in [2.75, 3.05) is 9.62 Å². The lowest BCUT2D eigenvalue weighted by atomic mass is 10.1. The highest BCUT2D eigenvalue weighted by molar-refractivity contribution is 9.10. The smallest absolute Gasteiger partial charge is 0.263 e. The highest BCUT2D eigenvalue weighted by atomic mass is 79.9. The van der Waals surface area contributed by atoms with E-state index >= 15 is 0 Å². The van der Waals surface area contributed by atoms with Crippen LogP contribution in [0.1, 0.15) is 19.4 Å². The molecule has 0 saturated carbocycles. The predicted octanol–water partition coefficient (Wildman–Crippen LogP) is 3.83. The third kappa shape index (κ3) is 3.33. The maximum Gasteiger partial charge on any atom is 0.263 e. The molecule has 1 N–H and O–H groups in total. The lowest BCUT2D eigenvalue weighted by Crippen LogP contribution is -2.33. The number of amides is 1. The van der Waals surface area contributed by atoms with Crippen molar-refractivity contribution >= 4 is 43.2 Å². The number of rotatable bonds is 3. The molecular weight excluding hydrogens is 430 g/mol. The minimum Gasteiger partial charge on any atom is -0.309 e. The monoisotopic (exact) mass is 444 g/mol. The van der Waals surface area contributed by atoms with Crippen LogP contribution in [0.2, 0.25) is 0 Å². The molecule has 1 atom stereocenters. The number of halogens is 3. The molecule has 0 fully saturated rings. The van der Waals surface area contributed by atoms with E-state index in [9.17, 15) is 22.0 Å². The fourth-order valence-electron chi connectivity index (χ4n) is 3.08. The third-order valence-corrected chi connectivity index (χ3v) is 6.47. The molecule has 2 aromatic rings. The fourth-order valence-corrected chi connectivity index (χ4v) is 5.25. The van der Waals surface area contributed by atoms with Crippen molar-refractivity contribution in [3.63, 3.8) is 0 Å². The Morgan fingerprint density at radius 1 is 1.27 bits per heavy atom. The van der Waals surface area contributed by atoms with Crippen LogP contribution in [0, 0.1) is 11.6 Å². The van der Waals surface area contributed by atoms with E-state index < -0.39 is 27.3 Å². The van der Waals surface area contributed by atoms with Gasteiger partial charge in [0.2, 0.25) is 5.91 Å². The topological polar surface area (TPSA) is 66.5 Å². The van der Waals surface area contributed by atoms with Gasteiger partial charge in [-0.2, -0.15) is 0 Å². The first-order chi connectivity index (χ1) is 12.1. The number of carbonyl (C=O) groups is 1. The zero-order valence-corrected chi connectivity index (χ0v) is 16.3. The van der Waals surface area contributed by atoms with Crippen LogP contribution >= 0.6 is 15.9 Å². The van der Waals surface area contributed by atoms with Crippen molar-refractivity contribution in [1.82, 2.24) is 0 Å². The Hall–Kier alpha value is -2.00. The van der Waals surface area contributed by atoms with Gasteiger partial charge in [0.1, 0.15) is 16.5 Å². The predicted molar refractivity (Wildman–Crippen MR) is 97.6 cm³/mol. The summed E-state index contributed by atoms with van der Waals surface area (Å²) < 4.78 is 54.9. The summed E-state index contributed by atoms with van der Waals surface area (Å²) in [5.41, 5.74) is 0.831. The molecule has 0 aliphatic carbocycles. The first-order valence-electron chi connectivity index (χ1n) is 7.70. The van der Waals surface area contributed by atoms with Gasteiger partial charge in [-0.1, -0.05) is 0 Å². The summed E-state index contributed by atoms with van der Waals surface area (Å²) in [6.45, 7) is 3.27.